The third-order valence-corrected chi connectivity index (χ3v) is 3.50. The standard InChI is InChI=1S/C14H17S/c1-2-3-4-5-6-12-7-8-13-10-15-11-14(13)9-12/h7-10H,2-6H2,1H3. The Balaban J connectivity index is 1.96. The van der Waals surface area contributed by atoms with Gasteiger partial charge in [-0.05, 0) is 35.2 Å². The molecule has 0 saturated heterocycles. The van der Waals surface area contributed by atoms with Crippen LogP contribution in [0.15, 0.2) is 23.6 Å². The predicted octanol–water partition coefficient (Wildman–Crippen LogP) is 4.82. The smallest absolute Gasteiger partial charge is 0.0527 e. The van der Waals surface area contributed by atoms with Crippen LogP contribution in [0.3, 0.4) is 0 Å². The van der Waals surface area contributed by atoms with Crippen molar-refractivity contribution in [2.75, 3.05) is 0 Å². The number of hydrogen-bond acceptors (Lipinski definition) is 1. The highest BCUT2D eigenvalue weighted by Gasteiger charge is 1.97. The molecular formula is C14H17S. The first-order chi connectivity index (χ1) is 7.40. The van der Waals surface area contributed by atoms with Gasteiger partial charge >= 0.3 is 0 Å². The first-order valence-electron chi connectivity index (χ1n) is 5.78. The summed E-state index contributed by atoms with van der Waals surface area (Å²) >= 11 is 1.67. The Bertz CT molecular complexity index is 414. The van der Waals surface area contributed by atoms with Crippen molar-refractivity contribution in [3.8, 4) is 0 Å². The van der Waals surface area contributed by atoms with Crippen molar-refractivity contribution in [1.82, 2.24) is 0 Å². The van der Waals surface area contributed by atoms with Gasteiger partial charge in [-0.15, -0.1) is 11.3 Å². The highest BCUT2D eigenvalue weighted by Crippen LogP contribution is 2.20. The topological polar surface area (TPSA) is 0 Å². The van der Waals surface area contributed by atoms with E-state index in [0.717, 1.165) is 0 Å². The molecule has 0 N–H and O–H groups in total. The highest BCUT2D eigenvalue weighted by molar-refractivity contribution is 7.08. The zero-order valence-corrected chi connectivity index (χ0v) is 10.1. The van der Waals surface area contributed by atoms with E-state index in [1.54, 1.807) is 11.3 Å². The minimum atomic E-state index is 1.22. The summed E-state index contributed by atoms with van der Waals surface area (Å²) < 4.78 is 0. The zero-order chi connectivity index (χ0) is 10.5. The summed E-state index contributed by atoms with van der Waals surface area (Å²) in [6, 6.07) is 6.77. The predicted molar refractivity (Wildman–Crippen MR) is 68.5 cm³/mol. The van der Waals surface area contributed by atoms with Gasteiger partial charge < -0.3 is 0 Å². The second-order valence-corrected chi connectivity index (χ2v) is 4.75. The van der Waals surface area contributed by atoms with E-state index in [-0.39, 0.29) is 0 Å². The van der Waals surface area contributed by atoms with Crippen LogP contribution < -0.4 is 0 Å². The van der Waals surface area contributed by atoms with Crippen LogP contribution >= 0.6 is 11.3 Å². The molecule has 0 unspecified atom stereocenters. The maximum Gasteiger partial charge on any atom is 0.0527 e. The largest absolute Gasteiger partial charge is 0.142 e. The van der Waals surface area contributed by atoms with Gasteiger partial charge in [0, 0.05) is 5.39 Å². The average Bonchev–Trinajstić information content (AvgIpc) is 2.71. The maximum atomic E-state index is 3.30. The maximum absolute atomic E-state index is 3.30. The second kappa shape index (κ2) is 5.32. The lowest BCUT2D eigenvalue weighted by Gasteiger charge is -2.01. The fourth-order valence-electron chi connectivity index (χ4n) is 1.86. The molecule has 0 fully saturated rings. The van der Waals surface area contributed by atoms with Gasteiger partial charge in [-0.1, -0.05) is 38.3 Å². The van der Waals surface area contributed by atoms with E-state index in [1.807, 2.05) is 0 Å². The fourth-order valence-corrected chi connectivity index (χ4v) is 2.56. The van der Waals surface area contributed by atoms with Crippen LogP contribution in [0.1, 0.15) is 38.2 Å². The summed E-state index contributed by atoms with van der Waals surface area (Å²) in [6.45, 7) is 2.26. The first-order valence-corrected chi connectivity index (χ1v) is 6.66. The summed E-state index contributed by atoms with van der Waals surface area (Å²) in [5.41, 5.74) is 1.47. The van der Waals surface area contributed by atoms with E-state index in [2.05, 4.69) is 35.9 Å². The van der Waals surface area contributed by atoms with Crippen molar-refractivity contribution in [2.24, 2.45) is 0 Å². The van der Waals surface area contributed by atoms with E-state index in [9.17, 15) is 0 Å². The molecule has 1 heteroatoms. The number of benzene rings is 1. The van der Waals surface area contributed by atoms with E-state index in [4.69, 9.17) is 0 Å². The monoisotopic (exact) mass is 217 g/mol. The van der Waals surface area contributed by atoms with Crippen LogP contribution in [0.25, 0.3) is 10.8 Å². The summed E-state index contributed by atoms with van der Waals surface area (Å²) in [5.74, 6) is 0. The fraction of sp³-hybridized carbons (Fsp3) is 0.429. The third-order valence-electron chi connectivity index (χ3n) is 2.79. The Morgan fingerprint density at radius 1 is 1.20 bits per heavy atom. The van der Waals surface area contributed by atoms with Crippen molar-refractivity contribution in [3.05, 3.63) is 34.5 Å². The lowest BCUT2D eigenvalue weighted by molar-refractivity contribution is 0.667. The molecule has 0 spiro atoms. The van der Waals surface area contributed by atoms with Crippen molar-refractivity contribution >= 4 is 22.1 Å². The Morgan fingerprint density at radius 2 is 2.13 bits per heavy atom. The van der Waals surface area contributed by atoms with Crippen LogP contribution in [0.5, 0.6) is 0 Å². The number of aryl methyl sites for hydroxylation is 1. The minimum Gasteiger partial charge on any atom is -0.142 e. The summed E-state index contributed by atoms with van der Waals surface area (Å²) in [4.78, 5) is 0. The molecule has 1 aromatic heterocycles. The number of unbranched alkanes of at least 4 members (excludes halogenated alkanes) is 3. The molecule has 79 valence electrons. The zero-order valence-electron chi connectivity index (χ0n) is 9.25. The molecule has 15 heavy (non-hydrogen) atoms. The second-order valence-electron chi connectivity index (χ2n) is 4.07. The number of hydrogen-bond donors (Lipinski definition) is 0. The molecule has 0 aliphatic heterocycles. The van der Waals surface area contributed by atoms with Crippen molar-refractivity contribution in [3.63, 3.8) is 0 Å². The molecule has 0 amide bonds. The highest BCUT2D eigenvalue weighted by atomic mass is 32.1. The van der Waals surface area contributed by atoms with E-state index >= 15 is 0 Å². The van der Waals surface area contributed by atoms with Crippen LogP contribution in [0, 0.1) is 5.38 Å². The number of rotatable bonds is 5. The normalized spacial score (nSPS) is 11.0. The molecule has 2 rings (SSSR count). The molecule has 1 aromatic carbocycles. The lowest BCUT2D eigenvalue weighted by Crippen LogP contribution is -1.85. The molecule has 0 aliphatic rings. The lowest BCUT2D eigenvalue weighted by atomic mass is 10.0. The average molecular weight is 217 g/mol. The molecule has 0 aliphatic carbocycles. The van der Waals surface area contributed by atoms with E-state index in [1.165, 1.54) is 48.4 Å². The third kappa shape index (κ3) is 2.82. The Hall–Kier alpha value is -0.820. The molecule has 1 heterocycles. The molecule has 0 atom stereocenters. The van der Waals surface area contributed by atoms with Gasteiger partial charge in [0.1, 0.15) is 0 Å². The van der Waals surface area contributed by atoms with Crippen molar-refractivity contribution in [1.29, 1.82) is 0 Å². The molecule has 2 aromatic rings. The van der Waals surface area contributed by atoms with Gasteiger partial charge in [0.15, 0.2) is 0 Å². The Labute approximate surface area is 95.9 Å². The van der Waals surface area contributed by atoms with Crippen LogP contribution in [0.2, 0.25) is 0 Å². The van der Waals surface area contributed by atoms with Crippen molar-refractivity contribution < 1.29 is 0 Å². The van der Waals surface area contributed by atoms with Crippen LogP contribution in [-0.4, -0.2) is 0 Å². The molecule has 0 nitrogen and oxygen atoms in total. The number of fused-ring (bicyclic) bond motifs is 1. The van der Waals surface area contributed by atoms with Gasteiger partial charge in [-0.25, -0.2) is 0 Å². The summed E-state index contributed by atoms with van der Waals surface area (Å²) in [5, 5.41) is 8.08. The SMILES string of the molecule is CCCCCCc1ccc2cs[c]c2c1. The van der Waals surface area contributed by atoms with Gasteiger partial charge in [-0.2, -0.15) is 0 Å². The number of thiophene rings is 1. The van der Waals surface area contributed by atoms with Crippen LogP contribution in [0.4, 0.5) is 0 Å². The quantitative estimate of drug-likeness (QED) is 0.630. The van der Waals surface area contributed by atoms with E-state index in [0.29, 0.717) is 0 Å². The van der Waals surface area contributed by atoms with E-state index < -0.39 is 0 Å². The summed E-state index contributed by atoms with van der Waals surface area (Å²) in [6.07, 6.45) is 6.59. The molecular weight excluding hydrogens is 200 g/mol. The Kier molecular flexibility index (Phi) is 3.79. The Morgan fingerprint density at radius 3 is 3.00 bits per heavy atom. The summed E-state index contributed by atoms with van der Waals surface area (Å²) in [7, 11) is 0. The van der Waals surface area contributed by atoms with Gasteiger partial charge in [0.25, 0.3) is 0 Å². The van der Waals surface area contributed by atoms with Crippen LogP contribution in [-0.2, 0) is 6.42 Å². The van der Waals surface area contributed by atoms with Gasteiger partial charge in [-0.3, -0.25) is 0 Å². The molecule has 0 saturated carbocycles. The first kappa shape index (κ1) is 10.7. The molecule has 1 radical (unpaired) electrons. The van der Waals surface area contributed by atoms with Crippen molar-refractivity contribution in [2.45, 2.75) is 39.0 Å². The molecule has 0 bridgehead atoms. The van der Waals surface area contributed by atoms with Gasteiger partial charge in [0.05, 0.1) is 5.38 Å². The minimum absolute atomic E-state index is 1.22. The van der Waals surface area contributed by atoms with Gasteiger partial charge in [0.2, 0.25) is 0 Å².